The van der Waals surface area contributed by atoms with E-state index >= 15 is 0 Å². The van der Waals surface area contributed by atoms with Crippen molar-refractivity contribution in [2.24, 2.45) is 0 Å². The van der Waals surface area contributed by atoms with Crippen LogP contribution in [0.5, 0.6) is 0 Å². The second-order valence-corrected chi connectivity index (χ2v) is 4.69. The van der Waals surface area contributed by atoms with E-state index in [2.05, 4.69) is 32.6 Å². The molecule has 3 heteroatoms. The fourth-order valence-corrected chi connectivity index (χ4v) is 1.83. The van der Waals surface area contributed by atoms with Crippen LogP contribution in [0.3, 0.4) is 0 Å². The van der Waals surface area contributed by atoms with Gasteiger partial charge in [-0.05, 0) is 46.2 Å². The Balaban J connectivity index is 4.26. The van der Waals surface area contributed by atoms with Crippen LogP contribution in [0, 0.1) is 0 Å². The SMILES string of the molecule is CCCN(CCC)C(C)(C)CCC(=O)O. The van der Waals surface area contributed by atoms with Gasteiger partial charge in [0.15, 0.2) is 0 Å². The zero-order valence-electron chi connectivity index (χ0n) is 10.5. The highest BCUT2D eigenvalue weighted by atomic mass is 16.4. The summed E-state index contributed by atoms with van der Waals surface area (Å²) >= 11 is 0. The maximum atomic E-state index is 10.6. The number of hydrogen-bond acceptors (Lipinski definition) is 2. The van der Waals surface area contributed by atoms with E-state index in [1.165, 1.54) is 0 Å². The molecule has 0 bridgehead atoms. The number of carbonyl (C=O) groups is 1. The van der Waals surface area contributed by atoms with Crippen molar-refractivity contribution in [1.82, 2.24) is 4.90 Å². The first-order valence-corrected chi connectivity index (χ1v) is 5.91. The fourth-order valence-electron chi connectivity index (χ4n) is 1.83. The molecule has 15 heavy (non-hydrogen) atoms. The average Bonchev–Trinajstić information content (AvgIpc) is 2.15. The van der Waals surface area contributed by atoms with Crippen LogP contribution in [0.25, 0.3) is 0 Å². The summed E-state index contributed by atoms with van der Waals surface area (Å²) in [5.41, 5.74) is 0.00438. The van der Waals surface area contributed by atoms with E-state index in [-0.39, 0.29) is 12.0 Å². The molecule has 0 aromatic rings. The topological polar surface area (TPSA) is 40.5 Å². The molecule has 0 saturated carbocycles. The molecule has 0 amide bonds. The van der Waals surface area contributed by atoms with E-state index < -0.39 is 5.97 Å². The third kappa shape index (κ3) is 5.78. The van der Waals surface area contributed by atoms with E-state index in [1.54, 1.807) is 0 Å². The highest BCUT2D eigenvalue weighted by Gasteiger charge is 2.25. The van der Waals surface area contributed by atoms with E-state index in [0.717, 1.165) is 32.4 Å². The number of aliphatic carboxylic acids is 1. The van der Waals surface area contributed by atoms with E-state index in [1.807, 2.05) is 0 Å². The molecule has 0 radical (unpaired) electrons. The molecule has 3 nitrogen and oxygen atoms in total. The van der Waals surface area contributed by atoms with Gasteiger partial charge in [0.25, 0.3) is 0 Å². The van der Waals surface area contributed by atoms with E-state index in [4.69, 9.17) is 5.11 Å². The van der Waals surface area contributed by atoms with Gasteiger partial charge in [0, 0.05) is 12.0 Å². The molecule has 0 aromatic carbocycles. The fraction of sp³-hybridized carbons (Fsp3) is 0.917. The third-order valence-electron chi connectivity index (χ3n) is 2.79. The summed E-state index contributed by atoms with van der Waals surface area (Å²) in [5, 5.41) is 8.70. The summed E-state index contributed by atoms with van der Waals surface area (Å²) < 4.78 is 0. The van der Waals surface area contributed by atoms with Crippen molar-refractivity contribution >= 4 is 5.97 Å². The van der Waals surface area contributed by atoms with Crippen molar-refractivity contribution in [3.63, 3.8) is 0 Å². The molecule has 0 aliphatic carbocycles. The molecule has 1 N–H and O–H groups in total. The Bertz CT molecular complexity index is 184. The summed E-state index contributed by atoms with van der Waals surface area (Å²) in [5.74, 6) is -0.698. The lowest BCUT2D eigenvalue weighted by Crippen LogP contribution is -2.45. The van der Waals surface area contributed by atoms with Crippen molar-refractivity contribution < 1.29 is 9.90 Å². The predicted octanol–water partition coefficient (Wildman–Crippen LogP) is 2.75. The van der Waals surface area contributed by atoms with Gasteiger partial charge in [-0.3, -0.25) is 9.69 Å². The Morgan fingerprint density at radius 3 is 2.00 bits per heavy atom. The molecule has 0 fully saturated rings. The lowest BCUT2D eigenvalue weighted by Gasteiger charge is -2.38. The third-order valence-corrected chi connectivity index (χ3v) is 2.79. The van der Waals surface area contributed by atoms with Gasteiger partial charge >= 0.3 is 5.97 Å². The Morgan fingerprint density at radius 2 is 1.67 bits per heavy atom. The quantitative estimate of drug-likeness (QED) is 0.677. The number of rotatable bonds is 8. The molecular formula is C12H25NO2. The maximum absolute atomic E-state index is 10.6. The summed E-state index contributed by atoms with van der Waals surface area (Å²) in [6, 6.07) is 0. The Hall–Kier alpha value is -0.570. The van der Waals surface area contributed by atoms with Crippen LogP contribution >= 0.6 is 0 Å². The molecule has 0 saturated heterocycles. The number of nitrogens with zero attached hydrogens (tertiary/aromatic N) is 1. The molecule has 0 heterocycles. The van der Waals surface area contributed by atoms with Gasteiger partial charge in [-0.1, -0.05) is 13.8 Å². The average molecular weight is 215 g/mol. The second-order valence-electron chi connectivity index (χ2n) is 4.69. The highest BCUT2D eigenvalue weighted by Crippen LogP contribution is 2.21. The van der Waals surface area contributed by atoms with Gasteiger partial charge < -0.3 is 5.11 Å². The maximum Gasteiger partial charge on any atom is 0.303 e. The van der Waals surface area contributed by atoms with Crippen LogP contribution in [0.1, 0.15) is 53.4 Å². The van der Waals surface area contributed by atoms with Gasteiger partial charge in [-0.25, -0.2) is 0 Å². The van der Waals surface area contributed by atoms with Gasteiger partial charge in [-0.15, -0.1) is 0 Å². The smallest absolute Gasteiger partial charge is 0.303 e. The lowest BCUT2D eigenvalue weighted by atomic mass is 9.95. The van der Waals surface area contributed by atoms with Crippen molar-refractivity contribution in [2.45, 2.75) is 58.9 Å². The molecular weight excluding hydrogens is 190 g/mol. The van der Waals surface area contributed by atoms with E-state index in [0.29, 0.717) is 0 Å². The molecule has 0 aliphatic heterocycles. The molecule has 0 aliphatic rings. The van der Waals surface area contributed by atoms with Crippen molar-refractivity contribution in [3.05, 3.63) is 0 Å². The van der Waals surface area contributed by atoms with Gasteiger partial charge in [-0.2, -0.15) is 0 Å². The van der Waals surface area contributed by atoms with Crippen molar-refractivity contribution in [3.8, 4) is 0 Å². The molecule has 0 atom stereocenters. The first kappa shape index (κ1) is 14.4. The zero-order valence-corrected chi connectivity index (χ0v) is 10.5. The first-order valence-electron chi connectivity index (χ1n) is 5.91. The van der Waals surface area contributed by atoms with Gasteiger partial charge in [0.05, 0.1) is 0 Å². The van der Waals surface area contributed by atoms with Crippen molar-refractivity contribution in [2.75, 3.05) is 13.1 Å². The van der Waals surface area contributed by atoms with Gasteiger partial charge in [0.2, 0.25) is 0 Å². The molecule has 90 valence electrons. The van der Waals surface area contributed by atoms with Crippen LogP contribution in [0.15, 0.2) is 0 Å². The minimum atomic E-state index is -0.698. The van der Waals surface area contributed by atoms with Crippen LogP contribution in [0.2, 0.25) is 0 Å². The van der Waals surface area contributed by atoms with Crippen LogP contribution in [-0.2, 0) is 4.79 Å². The molecule has 0 unspecified atom stereocenters. The second kappa shape index (κ2) is 6.83. The summed E-state index contributed by atoms with van der Waals surface area (Å²) in [6.45, 7) is 10.7. The summed E-state index contributed by atoms with van der Waals surface area (Å²) in [4.78, 5) is 13.0. The van der Waals surface area contributed by atoms with E-state index in [9.17, 15) is 4.79 Å². The summed E-state index contributed by atoms with van der Waals surface area (Å²) in [6.07, 6.45) is 3.23. The van der Waals surface area contributed by atoms with Crippen LogP contribution < -0.4 is 0 Å². The predicted molar refractivity (Wildman–Crippen MR) is 63.1 cm³/mol. The monoisotopic (exact) mass is 215 g/mol. The normalized spacial score (nSPS) is 12.1. The van der Waals surface area contributed by atoms with Crippen LogP contribution in [0.4, 0.5) is 0 Å². The summed E-state index contributed by atoms with van der Waals surface area (Å²) in [7, 11) is 0. The highest BCUT2D eigenvalue weighted by molar-refractivity contribution is 5.66. The minimum Gasteiger partial charge on any atom is -0.481 e. The van der Waals surface area contributed by atoms with Crippen LogP contribution in [-0.4, -0.2) is 34.6 Å². The Kier molecular flexibility index (Phi) is 6.57. The van der Waals surface area contributed by atoms with Gasteiger partial charge in [0.1, 0.15) is 0 Å². The molecule has 0 rings (SSSR count). The number of hydrogen-bond donors (Lipinski definition) is 1. The molecule has 0 spiro atoms. The number of carboxylic acids is 1. The lowest BCUT2D eigenvalue weighted by molar-refractivity contribution is -0.137. The van der Waals surface area contributed by atoms with Crippen molar-refractivity contribution in [1.29, 1.82) is 0 Å². The standard InChI is InChI=1S/C12H25NO2/c1-5-9-13(10-6-2)12(3,4)8-7-11(14)15/h5-10H2,1-4H3,(H,14,15). The first-order chi connectivity index (χ1) is 6.94. The Morgan fingerprint density at radius 1 is 1.20 bits per heavy atom. The number of carboxylic acid groups (broad SMARTS) is 1. The largest absolute Gasteiger partial charge is 0.481 e. The minimum absolute atomic E-state index is 0.00438. The zero-order chi connectivity index (χ0) is 11.9. The Labute approximate surface area is 93.5 Å². The molecule has 0 aromatic heterocycles.